The molecule has 23 heavy (non-hydrogen) atoms. The van der Waals surface area contributed by atoms with E-state index in [9.17, 15) is 0 Å². The first kappa shape index (κ1) is 19.8. The molecule has 0 bridgehead atoms. The Morgan fingerprint density at radius 1 is 1.52 bits per heavy atom. The van der Waals surface area contributed by atoms with Gasteiger partial charge < -0.3 is 19.3 Å². The molecule has 1 N–H and O–H groups in total. The van der Waals surface area contributed by atoms with Crippen molar-refractivity contribution < 1.29 is 4.52 Å². The van der Waals surface area contributed by atoms with Crippen LogP contribution in [0.3, 0.4) is 0 Å². The molecule has 0 radical (unpaired) electrons. The summed E-state index contributed by atoms with van der Waals surface area (Å²) in [7, 11) is 5.71. The third-order valence-electron chi connectivity index (χ3n) is 3.24. The highest BCUT2D eigenvalue weighted by molar-refractivity contribution is 14.0. The summed E-state index contributed by atoms with van der Waals surface area (Å²) in [6.07, 6.45) is 2.54. The van der Waals surface area contributed by atoms with Crippen LogP contribution in [0, 0.1) is 6.92 Å². The molecule has 0 saturated carbocycles. The zero-order chi connectivity index (χ0) is 16.1. The molecule has 2 heterocycles. The molecule has 0 aromatic carbocycles. The maximum atomic E-state index is 6.01. The van der Waals surface area contributed by atoms with Gasteiger partial charge in [0.2, 0.25) is 5.89 Å². The molecule has 128 valence electrons. The minimum absolute atomic E-state index is 0. The van der Waals surface area contributed by atoms with Gasteiger partial charge in [0.15, 0.2) is 11.8 Å². The molecule has 2 aromatic heterocycles. The summed E-state index contributed by atoms with van der Waals surface area (Å²) >= 11 is 6.01. The van der Waals surface area contributed by atoms with Gasteiger partial charge in [-0.1, -0.05) is 16.8 Å². The van der Waals surface area contributed by atoms with Crippen LogP contribution >= 0.6 is 35.6 Å². The smallest absolute Gasteiger partial charge is 0.228 e. The van der Waals surface area contributed by atoms with E-state index in [0.717, 1.165) is 16.7 Å². The number of aryl methyl sites for hydroxylation is 2. The van der Waals surface area contributed by atoms with E-state index < -0.39 is 0 Å². The second-order valence-electron chi connectivity index (χ2n) is 5.08. The minimum atomic E-state index is 0. The summed E-state index contributed by atoms with van der Waals surface area (Å²) in [4.78, 5) is 10.5. The Labute approximate surface area is 158 Å². The number of nitrogens with one attached hydrogen (secondary N) is 1. The number of halogens is 2. The van der Waals surface area contributed by atoms with Crippen molar-refractivity contribution in [2.75, 3.05) is 20.6 Å². The van der Waals surface area contributed by atoms with Crippen LogP contribution in [-0.2, 0) is 20.0 Å². The summed E-state index contributed by atoms with van der Waals surface area (Å²) in [5.74, 6) is 2.07. The molecule has 0 atom stereocenters. The number of rotatable bonds is 5. The SMILES string of the molecule is CN=C(NCCc1nc(C)no1)N(C)Cc1cc(Cl)cn1C.I. The Balaban J connectivity index is 0.00000264. The van der Waals surface area contributed by atoms with Crippen LogP contribution in [0.2, 0.25) is 5.02 Å². The average molecular weight is 453 g/mol. The van der Waals surface area contributed by atoms with Gasteiger partial charge in [0, 0.05) is 46.0 Å². The van der Waals surface area contributed by atoms with Crippen LogP contribution in [0.4, 0.5) is 0 Å². The van der Waals surface area contributed by atoms with Crippen LogP contribution in [0.25, 0.3) is 0 Å². The quantitative estimate of drug-likeness (QED) is 0.428. The topological polar surface area (TPSA) is 71.5 Å². The van der Waals surface area contributed by atoms with Gasteiger partial charge in [-0.3, -0.25) is 4.99 Å². The summed E-state index contributed by atoms with van der Waals surface area (Å²) in [5.41, 5.74) is 1.11. The lowest BCUT2D eigenvalue weighted by molar-refractivity contribution is 0.373. The normalized spacial score (nSPS) is 11.3. The number of hydrogen-bond donors (Lipinski definition) is 1. The summed E-state index contributed by atoms with van der Waals surface area (Å²) in [5, 5.41) is 7.78. The molecular weight excluding hydrogens is 431 g/mol. The lowest BCUT2D eigenvalue weighted by Gasteiger charge is -2.22. The second-order valence-corrected chi connectivity index (χ2v) is 5.51. The van der Waals surface area contributed by atoms with E-state index in [-0.39, 0.29) is 24.0 Å². The van der Waals surface area contributed by atoms with Gasteiger partial charge in [-0.25, -0.2) is 0 Å². The summed E-state index contributed by atoms with van der Waals surface area (Å²) in [6.45, 7) is 3.19. The van der Waals surface area contributed by atoms with E-state index >= 15 is 0 Å². The molecule has 9 heteroatoms. The lowest BCUT2D eigenvalue weighted by Crippen LogP contribution is -2.39. The molecule has 0 amide bonds. The van der Waals surface area contributed by atoms with Crippen molar-refractivity contribution >= 4 is 41.5 Å². The Bertz CT molecular complexity index is 653. The van der Waals surface area contributed by atoms with Crippen LogP contribution in [0.5, 0.6) is 0 Å². The van der Waals surface area contributed by atoms with Gasteiger partial charge in [0.1, 0.15) is 0 Å². The number of nitrogens with zero attached hydrogens (tertiary/aromatic N) is 5. The lowest BCUT2D eigenvalue weighted by atomic mass is 10.4. The standard InChI is InChI=1S/C14H21ClN6O.HI/c1-10-18-13(22-19-10)5-6-17-14(16-2)21(4)9-12-7-11(15)8-20(12)3;/h7-8H,5-6,9H2,1-4H3,(H,16,17);1H. The van der Waals surface area contributed by atoms with Gasteiger partial charge in [-0.15, -0.1) is 24.0 Å². The Morgan fingerprint density at radius 3 is 2.78 bits per heavy atom. The van der Waals surface area contributed by atoms with Gasteiger partial charge >= 0.3 is 0 Å². The Kier molecular flexibility index (Phi) is 7.83. The summed E-state index contributed by atoms with van der Waals surface area (Å²) < 4.78 is 7.09. The highest BCUT2D eigenvalue weighted by Gasteiger charge is 2.10. The van der Waals surface area contributed by atoms with Crippen molar-refractivity contribution in [2.24, 2.45) is 12.0 Å². The van der Waals surface area contributed by atoms with Crippen molar-refractivity contribution in [1.29, 1.82) is 0 Å². The van der Waals surface area contributed by atoms with Gasteiger partial charge in [0.05, 0.1) is 11.6 Å². The largest absolute Gasteiger partial charge is 0.356 e. The molecule has 0 aliphatic rings. The van der Waals surface area contributed by atoms with Gasteiger partial charge in [0.25, 0.3) is 0 Å². The predicted octanol–water partition coefficient (Wildman–Crippen LogP) is 2.24. The van der Waals surface area contributed by atoms with Crippen molar-refractivity contribution in [3.8, 4) is 0 Å². The maximum Gasteiger partial charge on any atom is 0.228 e. The van der Waals surface area contributed by atoms with Crippen molar-refractivity contribution in [2.45, 2.75) is 19.9 Å². The molecule has 0 aliphatic heterocycles. The maximum absolute atomic E-state index is 6.01. The van der Waals surface area contributed by atoms with Crippen LogP contribution in [0.1, 0.15) is 17.4 Å². The zero-order valence-corrected chi connectivity index (χ0v) is 16.8. The van der Waals surface area contributed by atoms with Gasteiger partial charge in [-0.05, 0) is 13.0 Å². The monoisotopic (exact) mass is 452 g/mol. The highest BCUT2D eigenvalue weighted by atomic mass is 127. The molecule has 0 saturated heterocycles. The molecule has 0 unspecified atom stereocenters. The number of hydrogen-bond acceptors (Lipinski definition) is 4. The van der Waals surface area contributed by atoms with Crippen LogP contribution in [0.15, 0.2) is 21.8 Å². The fraction of sp³-hybridized carbons (Fsp3) is 0.500. The van der Waals surface area contributed by atoms with E-state index in [1.165, 1.54) is 0 Å². The molecule has 7 nitrogen and oxygen atoms in total. The molecule has 0 spiro atoms. The molecule has 2 rings (SSSR count). The third-order valence-corrected chi connectivity index (χ3v) is 3.45. The molecule has 2 aromatic rings. The first-order valence-electron chi connectivity index (χ1n) is 7.01. The predicted molar refractivity (Wildman–Crippen MR) is 101 cm³/mol. The Hall–Kier alpha value is -1.29. The fourth-order valence-electron chi connectivity index (χ4n) is 2.15. The first-order valence-corrected chi connectivity index (χ1v) is 7.39. The number of aliphatic imine (C=N–C) groups is 1. The number of aromatic nitrogens is 3. The molecule has 0 aliphatic carbocycles. The van der Waals surface area contributed by atoms with Crippen molar-refractivity contribution in [3.05, 3.63) is 34.7 Å². The van der Waals surface area contributed by atoms with E-state index in [1.807, 2.05) is 35.8 Å². The number of guanidine groups is 1. The first-order chi connectivity index (χ1) is 10.5. The average Bonchev–Trinajstić information content (AvgIpc) is 3.01. The van der Waals surface area contributed by atoms with Crippen molar-refractivity contribution in [1.82, 2.24) is 24.9 Å². The highest BCUT2D eigenvalue weighted by Crippen LogP contribution is 2.14. The van der Waals surface area contributed by atoms with Crippen molar-refractivity contribution in [3.63, 3.8) is 0 Å². The van der Waals surface area contributed by atoms with Crippen LogP contribution < -0.4 is 5.32 Å². The third kappa shape index (κ3) is 5.69. The second kappa shape index (κ2) is 9.11. The molecular formula is C14H22ClIN6O. The van der Waals surface area contributed by atoms with Crippen LogP contribution in [-0.4, -0.2) is 46.2 Å². The van der Waals surface area contributed by atoms with E-state index in [0.29, 0.717) is 31.2 Å². The van der Waals surface area contributed by atoms with E-state index in [1.54, 1.807) is 14.0 Å². The minimum Gasteiger partial charge on any atom is -0.356 e. The zero-order valence-electron chi connectivity index (χ0n) is 13.7. The summed E-state index contributed by atoms with van der Waals surface area (Å²) in [6, 6.07) is 1.95. The fourth-order valence-corrected chi connectivity index (χ4v) is 2.42. The van der Waals surface area contributed by atoms with E-state index in [4.69, 9.17) is 16.1 Å². The van der Waals surface area contributed by atoms with E-state index in [2.05, 4.69) is 20.4 Å². The molecule has 0 fully saturated rings. The van der Waals surface area contributed by atoms with Gasteiger partial charge in [-0.2, -0.15) is 4.98 Å². The Morgan fingerprint density at radius 2 is 2.26 bits per heavy atom.